The van der Waals surface area contributed by atoms with Crippen molar-refractivity contribution in [2.75, 3.05) is 18.0 Å². The van der Waals surface area contributed by atoms with Gasteiger partial charge < -0.3 is 14.6 Å². The van der Waals surface area contributed by atoms with Crippen LogP contribution < -0.4 is 10.2 Å². The molecule has 1 atom stereocenters. The molecule has 2 amide bonds. The fraction of sp³-hybridized carbons (Fsp3) is 0.250. The van der Waals surface area contributed by atoms with E-state index in [-0.39, 0.29) is 17.7 Å². The van der Waals surface area contributed by atoms with Crippen molar-refractivity contribution in [3.8, 4) is 0 Å². The standard InChI is InChI=1S/C16H16N2O3/c19-15-9-12(10-17-16(20)14-7-4-8-21-14)11-18(15)13-5-2-1-3-6-13/h1-8,12H,9-11H2,(H,17,20)/t12-/m1/s1. The molecule has 1 fully saturated rings. The lowest BCUT2D eigenvalue weighted by Gasteiger charge is -2.16. The average Bonchev–Trinajstić information content (AvgIpc) is 3.15. The van der Waals surface area contributed by atoms with E-state index >= 15 is 0 Å². The van der Waals surface area contributed by atoms with Crippen LogP contribution >= 0.6 is 0 Å². The Kier molecular flexibility index (Phi) is 3.73. The zero-order valence-corrected chi connectivity index (χ0v) is 11.5. The monoisotopic (exact) mass is 284 g/mol. The molecule has 0 unspecified atom stereocenters. The molecule has 1 saturated heterocycles. The molecule has 5 heteroatoms. The second-order valence-electron chi connectivity index (χ2n) is 5.10. The summed E-state index contributed by atoms with van der Waals surface area (Å²) < 4.78 is 5.03. The molecule has 0 bridgehead atoms. The highest BCUT2D eigenvalue weighted by Gasteiger charge is 2.30. The number of carbonyl (C=O) groups is 2. The van der Waals surface area contributed by atoms with Crippen molar-refractivity contribution in [1.82, 2.24) is 5.32 Å². The zero-order valence-electron chi connectivity index (χ0n) is 11.5. The normalized spacial score (nSPS) is 18.0. The van der Waals surface area contributed by atoms with Gasteiger partial charge in [-0.2, -0.15) is 0 Å². The van der Waals surface area contributed by atoms with Crippen LogP contribution in [0.25, 0.3) is 0 Å². The quantitative estimate of drug-likeness (QED) is 0.934. The van der Waals surface area contributed by atoms with E-state index < -0.39 is 0 Å². The predicted octanol–water partition coefficient (Wildman–Crippen LogP) is 2.06. The molecule has 5 nitrogen and oxygen atoms in total. The first kappa shape index (κ1) is 13.4. The van der Waals surface area contributed by atoms with Gasteiger partial charge in [-0.05, 0) is 24.3 Å². The van der Waals surface area contributed by atoms with Crippen LogP contribution in [-0.2, 0) is 4.79 Å². The highest BCUT2D eigenvalue weighted by atomic mass is 16.3. The minimum Gasteiger partial charge on any atom is -0.459 e. The van der Waals surface area contributed by atoms with Crippen molar-refractivity contribution in [3.05, 3.63) is 54.5 Å². The SMILES string of the molecule is O=C(NC[C@H]1CC(=O)N(c2ccccc2)C1)c1ccco1. The molecule has 1 aliphatic heterocycles. The Morgan fingerprint density at radius 3 is 2.76 bits per heavy atom. The molecule has 1 aromatic carbocycles. The molecular weight excluding hydrogens is 268 g/mol. The van der Waals surface area contributed by atoms with E-state index in [1.807, 2.05) is 30.3 Å². The molecule has 21 heavy (non-hydrogen) atoms. The van der Waals surface area contributed by atoms with E-state index in [9.17, 15) is 9.59 Å². The molecule has 0 saturated carbocycles. The smallest absolute Gasteiger partial charge is 0.286 e. The minimum absolute atomic E-state index is 0.0958. The summed E-state index contributed by atoms with van der Waals surface area (Å²) in [5.74, 6) is 0.264. The molecule has 3 rings (SSSR count). The molecule has 1 N–H and O–H groups in total. The summed E-state index contributed by atoms with van der Waals surface area (Å²) in [4.78, 5) is 25.6. The third-order valence-corrected chi connectivity index (χ3v) is 3.57. The summed E-state index contributed by atoms with van der Waals surface area (Å²) in [6.07, 6.45) is 1.92. The zero-order chi connectivity index (χ0) is 14.7. The topological polar surface area (TPSA) is 62.6 Å². The summed E-state index contributed by atoms with van der Waals surface area (Å²) in [5, 5.41) is 2.81. The van der Waals surface area contributed by atoms with E-state index in [1.165, 1.54) is 6.26 Å². The third kappa shape index (κ3) is 2.97. The van der Waals surface area contributed by atoms with E-state index in [1.54, 1.807) is 17.0 Å². The molecule has 1 aromatic heterocycles. The number of anilines is 1. The van der Waals surface area contributed by atoms with Crippen molar-refractivity contribution in [2.24, 2.45) is 5.92 Å². The van der Waals surface area contributed by atoms with Crippen molar-refractivity contribution >= 4 is 17.5 Å². The number of furan rings is 1. The number of rotatable bonds is 4. The van der Waals surface area contributed by atoms with E-state index in [0.717, 1.165) is 5.69 Å². The van der Waals surface area contributed by atoms with Crippen LogP contribution in [0.5, 0.6) is 0 Å². The molecule has 2 aromatic rings. The number of benzene rings is 1. The van der Waals surface area contributed by atoms with Crippen molar-refractivity contribution in [2.45, 2.75) is 6.42 Å². The first-order valence-electron chi connectivity index (χ1n) is 6.91. The number of nitrogens with one attached hydrogen (secondary N) is 1. The van der Waals surface area contributed by atoms with Gasteiger partial charge in [0, 0.05) is 31.1 Å². The van der Waals surface area contributed by atoms with Gasteiger partial charge in [-0.15, -0.1) is 0 Å². The number of amides is 2. The largest absolute Gasteiger partial charge is 0.459 e. The second kappa shape index (κ2) is 5.83. The Hall–Kier alpha value is -2.56. The maximum Gasteiger partial charge on any atom is 0.286 e. The number of hydrogen-bond acceptors (Lipinski definition) is 3. The number of nitrogens with zero attached hydrogens (tertiary/aromatic N) is 1. The Morgan fingerprint density at radius 1 is 1.24 bits per heavy atom. The Labute approximate surface area is 122 Å². The van der Waals surface area contributed by atoms with Gasteiger partial charge in [0.05, 0.1) is 6.26 Å². The molecule has 0 spiro atoms. The Bertz CT molecular complexity index is 622. The summed E-state index contributed by atoms with van der Waals surface area (Å²) in [6.45, 7) is 1.09. The first-order chi connectivity index (χ1) is 10.2. The van der Waals surface area contributed by atoms with E-state index in [0.29, 0.717) is 25.3 Å². The van der Waals surface area contributed by atoms with Crippen LogP contribution in [0.15, 0.2) is 53.1 Å². The van der Waals surface area contributed by atoms with Crippen molar-refractivity contribution < 1.29 is 14.0 Å². The van der Waals surface area contributed by atoms with Gasteiger partial charge in [-0.25, -0.2) is 0 Å². The van der Waals surface area contributed by atoms with Gasteiger partial charge >= 0.3 is 0 Å². The van der Waals surface area contributed by atoms with Gasteiger partial charge in [-0.1, -0.05) is 18.2 Å². The Balaban J connectivity index is 1.57. The predicted molar refractivity (Wildman–Crippen MR) is 77.9 cm³/mol. The second-order valence-corrected chi connectivity index (χ2v) is 5.10. The fourth-order valence-corrected chi connectivity index (χ4v) is 2.51. The van der Waals surface area contributed by atoms with Gasteiger partial charge in [0.25, 0.3) is 5.91 Å². The van der Waals surface area contributed by atoms with Crippen molar-refractivity contribution in [3.63, 3.8) is 0 Å². The molecule has 0 aliphatic carbocycles. The maximum absolute atomic E-state index is 12.1. The lowest BCUT2D eigenvalue weighted by atomic mass is 10.1. The molecule has 0 radical (unpaired) electrons. The van der Waals surface area contributed by atoms with Crippen molar-refractivity contribution in [1.29, 1.82) is 0 Å². The van der Waals surface area contributed by atoms with E-state index in [4.69, 9.17) is 4.42 Å². The molecular formula is C16H16N2O3. The van der Waals surface area contributed by atoms with Crippen LogP contribution in [0.4, 0.5) is 5.69 Å². The van der Waals surface area contributed by atoms with Crippen LogP contribution in [-0.4, -0.2) is 24.9 Å². The highest BCUT2D eigenvalue weighted by Crippen LogP contribution is 2.24. The van der Waals surface area contributed by atoms with Gasteiger partial charge in [0.2, 0.25) is 5.91 Å². The van der Waals surface area contributed by atoms with Crippen LogP contribution in [0.3, 0.4) is 0 Å². The van der Waals surface area contributed by atoms with Crippen LogP contribution in [0.1, 0.15) is 17.0 Å². The van der Waals surface area contributed by atoms with Gasteiger partial charge in [0.15, 0.2) is 5.76 Å². The molecule has 2 heterocycles. The third-order valence-electron chi connectivity index (χ3n) is 3.57. The lowest BCUT2D eigenvalue weighted by Crippen LogP contribution is -2.31. The summed E-state index contributed by atoms with van der Waals surface area (Å²) in [7, 11) is 0. The number of para-hydroxylation sites is 1. The van der Waals surface area contributed by atoms with Gasteiger partial charge in [-0.3, -0.25) is 9.59 Å². The number of hydrogen-bond donors (Lipinski definition) is 1. The lowest BCUT2D eigenvalue weighted by molar-refractivity contribution is -0.117. The number of carbonyl (C=O) groups excluding carboxylic acids is 2. The van der Waals surface area contributed by atoms with E-state index in [2.05, 4.69) is 5.32 Å². The first-order valence-corrected chi connectivity index (χ1v) is 6.91. The average molecular weight is 284 g/mol. The summed E-state index contributed by atoms with van der Waals surface area (Å²) >= 11 is 0. The van der Waals surface area contributed by atoms with Gasteiger partial charge in [0.1, 0.15) is 0 Å². The fourth-order valence-electron chi connectivity index (χ4n) is 2.51. The summed E-state index contributed by atoms with van der Waals surface area (Å²) in [6, 6.07) is 12.9. The maximum atomic E-state index is 12.1. The minimum atomic E-state index is -0.245. The Morgan fingerprint density at radius 2 is 2.05 bits per heavy atom. The molecule has 108 valence electrons. The molecule has 1 aliphatic rings. The van der Waals surface area contributed by atoms with Crippen LogP contribution in [0, 0.1) is 5.92 Å². The summed E-state index contributed by atoms with van der Waals surface area (Å²) in [5.41, 5.74) is 0.905. The van der Waals surface area contributed by atoms with Crippen LogP contribution in [0.2, 0.25) is 0 Å². The highest BCUT2D eigenvalue weighted by molar-refractivity contribution is 5.96.